The van der Waals surface area contributed by atoms with Crippen molar-refractivity contribution in [3.05, 3.63) is 11.9 Å². The van der Waals surface area contributed by atoms with Crippen LogP contribution in [0.2, 0.25) is 0 Å². The summed E-state index contributed by atoms with van der Waals surface area (Å²) in [6.45, 7) is 2.32. The molecule has 0 bridgehead atoms. The lowest BCUT2D eigenvalue weighted by Gasteiger charge is -2.32. The first-order valence-electron chi connectivity index (χ1n) is 6.03. The van der Waals surface area contributed by atoms with Gasteiger partial charge in [-0.25, -0.2) is 0 Å². The van der Waals surface area contributed by atoms with Gasteiger partial charge >= 0.3 is 0 Å². The zero-order valence-corrected chi connectivity index (χ0v) is 10.1. The normalized spacial score (nSPS) is 27.9. The summed E-state index contributed by atoms with van der Waals surface area (Å²) >= 11 is 0. The Balaban J connectivity index is 2.13. The van der Waals surface area contributed by atoms with E-state index in [0.29, 0.717) is 5.92 Å². The van der Waals surface area contributed by atoms with E-state index < -0.39 is 0 Å². The van der Waals surface area contributed by atoms with Crippen LogP contribution in [0.5, 0.6) is 0 Å². The van der Waals surface area contributed by atoms with Gasteiger partial charge in [0.25, 0.3) is 0 Å². The summed E-state index contributed by atoms with van der Waals surface area (Å²) in [5.41, 5.74) is 4.02. The molecule has 0 saturated heterocycles. The molecule has 0 aliphatic heterocycles. The van der Waals surface area contributed by atoms with Gasteiger partial charge in [0.2, 0.25) is 0 Å². The van der Waals surface area contributed by atoms with Crippen molar-refractivity contribution in [3.8, 4) is 0 Å². The monoisotopic (exact) mass is 223 g/mol. The van der Waals surface area contributed by atoms with E-state index in [1.807, 2.05) is 17.9 Å². The van der Waals surface area contributed by atoms with E-state index in [1.54, 1.807) is 0 Å². The van der Waals surface area contributed by atoms with E-state index in [-0.39, 0.29) is 6.04 Å². The summed E-state index contributed by atoms with van der Waals surface area (Å²) in [4.78, 5) is 0. The average Bonchev–Trinajstić information content (AvgIpc) is 2.67. The number of rotatable bonds is 3. The zero-order valence-electron chi connectivity index (χ0n) is 10.1. The molecule has 3 N–H and O–H groups in total. The molecule has 3 atom stereocenters. The van der Waals surface area contributed by atoms with Crippen molar-refractivity contribution >= 4 is 0 Å². The third kappa shape index (κ3) is 2.25. The fourth-order valence-electron chi connectivity index (χ4n) is 2.83. The molecule has 1 fully saturated rings. The van der Waals surface area contributed by atoms with Crippen LogP contribution in [0.25, 0.3) is 0 Å². The Morgan fingerprint density at radius 2 is 2.38 bits per heavy atom. The second-order valence-electron chi connectivity index (χ2n) is 4.96. The molecule has 1 aromatic rings. The zero-order chi connectivity index (χ0) is 11.5. The van der Waals surface area contributed by atoms with Crippen LogP contribution in [-0.2, 0) is 7.05 Å². The average molecular weight is 223 g/mol. The first kappa shape index (κ1) is 11.5. The second kappa shape index (κ2) is 4.93. The van der Waals surface area contributed by atoms with Crippen LogP contribution in [0.4, 0.5) is 0 Å². The van der Waals surface area contributed by atoms with Crippen molar-refractivity contribution in [2.24, 2.45) is 24.7 Å². The van der Waals surface area contributed by atoms with Gasteiger partial charge in [-0.3, -0.25) is 16.0 Å². The minimum absolute atomic E-state index is 0.183. The Bertz CT molecular complexity index is 335. The molecule has 5 heteroatoms. The minimum atomic E-state index is 0.183. The maximum atomic E-state index is 5.69. The third-order valence-electron chi connectivity index (χ3n) is 3.70. The number of nitrogens with one attached hydrogen (secondary N) is 1. The topological polar surface area (TPSA) is 68.8 Å². The molecule has 0 radical (unpaired) electrons. The first-order chi connectivity index (χ1) is 7.72. The lowest BCUT2D eigenvalue weighted by Crippen LogP contribution is -2.36. The van der Waals surface area contributed by atoms with E-state index in [9.17, 15) is 0 Å². The quantitative estimate of drug-likeness (QED) is 0.595. The lowest BCUT2D eigenvalue weighted by atomic mass is 9.78. The van der Waals surface area contributed by atoms with Gasteiger partial charge in [-0.05, 0) is 24.7 Å². The molecule has 3 unspecified atom stereocenters. The van der Waals surface area contributed by atoms with Crippen LogP contribution in [0.15, 0.2) is 6.20 Å². The Morgan fingerprint density at radius 1 is 1.56 bits per heavy atom. The predicted octanol–water partition coefficient (Wildman–Crippen LogP) is 1.15. The van der Waals surface area contributed by atoms with Crippen LogP contribution in [0.1, 0.15) is 44.3 Å². The lowest BCUT2D eigenvalue weighted by molar-refractivity contribution is 0.218. The van der Waals surface area contributed by atoms with Crippen molar-refractivity contribution in [2.45, 2.75) is 38.6 Å². The molecule has 0 amide bonds. The molecule has 90 valence electrons. The summed E-state index contributed by atoms with van der Waals surface area (Å²) < 4.78 is 1.81. The molecular weight excluding hydrogens is 202 g/mol. The Labute approximate surface area is 96.4 Å². The van der Waals surface area contributed by atoms with Crippen LogP contribution >= 0.6 is 0 Å². The van der Waals surface area contributed by atoms with Gasteiger partial charge < -0.3 is 0 Å². The van der Waals surface area contributed by atoms with Gasteiger partial charge in [0.05, 0.1) is 17.9 Å². The summed E-state index contributed by atoms with van der Waals surface area (Å²) in [7, 11) is 1.92. The van der Waals surface area contributed by atoms with Crippen molar-refractivity contribution in [2.75, 3.05) is 0 Å². The van der Waals surface area contributed by atoms with E-state index in [1.165, 1.54) is 25.7 Å². The molecule has 1 aliphatic carbocycles. The molecule has 16 heavy (non-hydrogen) atoms. The summed E-state index contributed by atoms with van der Waals surface area (Å²) in [6.07, 6.45) is 6.93. The molecule has 1 aliphatic rings. The molecule has 1 saturated carbocycles. The fraction of sp³-hybridized carbons (Fsp3) is 0.818. The number of nitrogens with two attached hydrogens (primary N) is 1. The van der Waals surface area contributed by atoms with Gasteiger partial charge in [-0.15, -0.1) is 5.10 Å². The third-order valence-corrected chi connectivity index (χ3v) is 3.70. The molecule has 5 nitrogen and oxygen atoms in total. The summed E-state index contributed by atoms with van der Waals surface area (Å²) in [5.74, 6) is 7.09. The highest BCUT2D eigenvalue weighted by atomic mass is 15.4. The van der Waals surface area contributed by atoms with Gasteiger partial charge in [0, 0.05) is 7.05 Å². The van der Waals surface area contributed by atoms with E-state index in [2.05, 4.69) is 22.7 Å². The highest BCUT2D eigenvalue weighted by Crippen LogP contribution is 2.36. The molecule has 1 aromatic heterocycles. The van der Waals surface area contributed by atoms with E-state index in [0.717, 1.165) is 11.6 Å². The van der Waals surface area contributed by atoms with Crippen LogP contribution in [-0.4, -0.2) is 15.0 Å². The van der Waals surface area contributed by atoms with Gasteiger partial charge in [-0.1, -0.05) is 25.0 Å². The second-order valence-corrected chi connectivity index (χ2v) is 4.96. The van der Waals surface area contributed by atoms with Gasteiger partial charge in [-0.2, -0.15) is 0 Å². The number of aryl methyl sites for hydroxylation is 1. The molecule has 0 aromatic carbocycles. The fourth-order valence-corrected chi connectivity index (χ4v) is 2.83. The number of nitrogens with zero attached hydrogens (tertiary/aromatic N) is 3. The van der Waals surface area contributed by atoms with Gasteiger partial charge in [0.15, 0.2) is 0 Å². The van der Waals surface area contributed by atoms with Crippen LogP contribution in [0, 0.1) is 11.8 Å². The molecule has 0 spiro atoms. The highest BCUT2D eigenvalue weighted by Gasteiger charge is 2.28. The van der Waals surface area contributed by atoms with Crippen LogP contribution in [0.3, 0.4) is 0 Å². The SMILES string of the molecule is CC1CCCC(C(NN)c2cnnn2C)C1. The van der Waals surface area contributed by atoms with Crippen molar-refractivity contribution in [3.63, 3.8) is 0 Å². The molecular formula is C11H21N5. The first-order valence-corrected chi connectivity index (χ1v) is 6.03. The number of aromatic nitrogens is 3. The Hall–Kier alpha value is -0.940. The van der Waals surface area contributed by atoms with Crippen molar-refractivity contribution in [1.82, 2.24) is 20.4 Å². The smallest absolute Gasteiger partial charge is 0.0769 e. The highest BCUT2D eigenvalue weighted by molar-refractivity contribution is 5.04. The van der Waals surface area contributed by atoms with Crippen molar-refractivity contribution < 1.29 is 0 Å². The largest absolute Gasteiger partial charge is 0.271 e. The van der Waals surface area contributed by atoms with Crippen LogP contribution < -0.4 is 11.3 Å². The summed E-state index contributed by atoms with van der Waals surface area (Å²) in [5, 5.41) is 7.89. The minimum Gasteiger partial charge on any atom is -0.271 e. The Morgan fingerprint density at radius 3 is 2.94 bits per heavy atom. The van der Waals surface area contributed by atoms with E-state index >= 15 is 0 Å². The van der Waals surface area contributed by atoms with Gasteiger partial charge in [0.1, 0.15) is 0 Å². The maximum Gasteiger partial charge on any atom is 0.0769 e. The van der Waals surface area contributed by atoms with Crippen molar-refractivity contribution in [1.29, 1.82) is 0 Å². The summed E-state index contributed by atoms with van der Waals surface area (Å²) in [6, 6.07) is 0.183. The maximum absolute atomic E-state index is 5.69. The van der Waals surface area contributed by atoms with E-state index in [4.69, 9.17) is 5.84 Å². The molecule has 2 rings (SSSR count). The number of hydrogen-bond donors (Lipinski definition) is 2. The molecule has 1 heterocycles. The number of hydrogen-bond acceptors (Lipinski definition) is 4. The Kier molecular flexibility index (Phi) is 3.56. The predicted molar refractivity (Wildman–Crippen MR) is 62.2 cm³/mol. The standard InChI is InChI=1S/C11H21N5/c1-8-4-3-5-9(6-8)11(14-12)10-7-13-15-16(10)2/h7-9,11,14H,3-6,12H2,1-2H3. The number of hydrazine groups is 1.